The average Bonchev–Trinajstić information content (AvgIpc) is 2.92. The third-order valence-electron chi connectivity index (χ3n) is 4.05. The SMILES string of the molecule is CCCn1ccnc(N2CC3CNCC3C2)c1=O. The number of hydrogen-bond donors (Lipinski definition) is 1. The highest BCUT2D eigenvalue weighted by Gasteiger charge is 2.37. The Bertz CT molecular complexity index is 472. The Balaban J connectivity index is 1.85. The Labute approximate surface area is 107 Å². The molecule has 2 aliphatic rings. The van der Waals surface area contributed by atoms with Crippen LogP contribution in [-0.2, 0) is 6.54 Å². The molecule has 0 aromatic carbocycles. The topological polar surface area (TPSA) is 50.2 Å². The summed E-state index contributed by atoms with van der Waals surface area (Å²) >= 11 is 0. The van der Waals surface area contributed by atoms with Crippen molar-refractivity contribution < 1.29 is 0 Å². The molecule has 3 heterocycles. The van der Waals surface area contributed by atoms with Gasteiger partial charge in [-0.05, 0) is 18.3 Å². The standard InChI is InChI=1S/C13H20N4O/c1-2-4-16-5-3-15-12(13(16)18)17-8-10-6-14-7-11(10)9-17/h3,5,10-11,14H,2,4,6-9H2,1H3. The third kappa shape index (κ3) is 1.92. The van der Waals surface area contributed by atoms with Crippen molar-refractivity contribution in [2.45, 2.75) is 19.9 Å². The van der Waals surface area contributed by atoms with Crippen LogP contribution in [0.4, 0.5) is 5.82 Å². The lowest BCUT2D eigenvalue weighted by Gasteiger charge is -2.18. The summed E-state index contributed by atoms with van der Waals surface area (Å²) in [4.78, 5) is 18.8. The molecule has 2 atom stereocenters. The van der Waals surface area contributed by atoms with Crippen LogP contribution in [0, 0.1) is 11.8 Å². The smallest absolute Gasteiger partial charge is 0.293 e. The third-order valence-corrected chi connectivity index (χ3v) is 4.05. The molecular formula is C13H20N4O. The second kappa shape index (κ2) is 4.72. The van der Waals surface area contributed by atoms with Crippen LogP contribution in [-0.4, -0.2) is 35.7 Å². The Kier molecular flexibility index (Phi) is 3.07. The van der Waals surface area contributed by atoms with Gasteiger partial charge in [0, 0.05) is 45.1 Å². The van der Waals surface area contributed by atoms with E-state index >= 15 is 0 Å². The minimum atomic E-state index is 0.0623. The summed E-state index contributed by atoms with van der Waals surface area (Å²) in [5.74, 6) is 2.01. The molecule has 2 saturated heterocycles. The Morgan fingerprint density at radius 1 is 1.39 bits per heavy atom. The number of fused-ring (bicyclic) bond motifs is 1. The van der Waals surface area contributed by atoms with Crippen molar-refractivity contribution in [3.05, 3.63) is 22.7 Å². The maximum atomic E-state index is 12.3. The van der Waals surface area contributed by atoms with E-state index in [9.17, 15) is 4.79 Å². The fourth-order valence-corrected chi connectivity index (χ4v) is 3.10. The molecule has 18 heavy (non-hydrogen) atoms. The van der Waals surface area contributed by atoms with Crippen molar-refractivity contribution in [1.29, 1.82) is 0 Å². The summed E-state index contributed by atoms with van der Waals surface area (Å²) in [5.41, 5.74) is 0.0623. The van der Waals surface area contributed by atoms with Crippen molar-refractivity contribution in [3.63, 3.8) is 0 Å². The molecule has 1 aromatic rings. The second-order valence-electron chi connectivity index (χ2n) is 5.33. The van der Waals surface area contributed by atoms with Gasteiger partial charge in [-0.15, -0.1) is 0 Å². The van der Waals surface area contributed by atoms with Gasteiger partial charge < -0.3 is 14.8 Å². The molecule has 1 N–H and O–H groups in total. The minimum absolute atomic E-state index is 0.0623. The highest BCUT2D eigenvalue weighted by Crippen LogP contribution is 2.27. The summed E-state index contributed by atoms with van der Waals surface area (Å²) < 4.78 is 1.77. The molecule has 0 radical (unpaired) electrons. The van der Waals surface area contributed by atoms with Crippen molar-refractivity contribution in [1.82, 2.24) is 14.9 Å². The Hall–Kier alpha value is -1.36. The maximum absolute atomic E-state index is 12.3. The largest absolute Gasteiger partial charge is 0.351 e. The summed E-state index contributed by atoms with van der Waals surface area (Å²) in [6.07, 6.45) is 4.51. The summed E-state index contributed by atoms with van der Waals surface area (Å²) in [6.45, 7) is 6.95. The van der Waals surface area contributed by atoms with Crippen LogP contribution in [0.5, 0.6) is 0 Å². The van der Waals surface area contributed by atoms with E-state index in [0.717, 1.165) is 39.1 Å². The van der Waals surface area contributed by atoms with Gasteiger partial charge in [-0.25, -0.2) is 4.98 Å². The van der Waals surface area contributed by atoms with Gasteiger partial charge in [-0.3, -0.25) is 4.79 Å². The lowest BCUT2D eigenvalue weighted by molar-refractivity contribution is 0.533. The molecule has 0 saturated carbocycles. The van der Waals surface area contributed by atoms with E-state index in [1.807, 2.05) is 0 Å². The van der Waals surface area contributed by atoms with Crippen molar-refractivity contribution in [2.24, 2.45) is 11.8 Å². The number of hydrogen-bond acceptors (Lipinski definition) is 4. The first kappa shape index (κ1) is 11.7. The molecule has 0 bridgehead atoms. The Morgan fingerprint density at radius 3 is 2.78 bits per heavy atom. The van der Waals surface area contributed by atoms with E-state index in [4.69, 9.17) is 0 Å². The number of nitrogens with zero attached hydrogens (tertiary/aromatic N) is 3. The van der Waals surface area contributed by atoms with E-state index in [-0.39, 0.29) is 5.56 Å². The van der Waals surface area contributed by atoms with Gasteiger partial charge in [0.15, 0.2) is 5.82 Å². The van der Waals surface area contributed by atoms with Gasteiger partial charge in [0.05, 0.1) is 0 Å². The van der Waals surface area contributed by atoms with Crippen molar-refractivity contribution >= 4 is 5.82 Å². The van der Waals surface area contributed by atoms with Crippen LogP contribution in [0.15, 0.2) is 17.2 Å². The lowest BCUT2D eigenvalue weighted by Crippen LogP contribution is -2.33. The quantitative estimate of drug-likeness (QED) is 0.836. The number of nitrogens with one attached hydrogen (secondary N) is 1. The lowest BCUT2D eigenvalue weighted by atomic mass is 10.0. The zero-order valence-corrected chi connectivity index (χ0v) is 10.8. The first-order valence-corrected chi connectivity index (χ1v) is 6.80. The molecule has 5 nitrogen and oxygen atoms in total. The molecule has 98 valence electrons. The van der Waals surface area contributed by atoms with E-state index in [2.05, 4.69) is 22.1 Å². The highest BCUT2D eigenvalue weighted by atomic mass is 16.1. The molecule has 0 spiro atoms. The predicted octanol–water partition coefficient (Wildman–Crippen LogP) is 0.309. The fraction of sp³-hybridized carbons (Fsp3) is 0.692. The number of rotatable bonds is 3. The van der Waals surface area contributed by atoms with E-state index < -0.39 is 0 Å². The van der Waals surface area contributed by atoms with Crippen molar-refractivity contribution in [2.75, 3.05) is 31.1 Å². The fourth-order valence-electron chi connectivity index (χ4n) is 3.10. The van der Waals surface area contributed by atoms with Crippen molar-refractivity contribution in [3.8, 4) is 0 Å². The maximum Gasteiger partial charge on any atom is 0.293 e. The van der Waals surface area contributed by atoms with E-state index in [0.29, 0.717) is 17.7 Å². The first-order chi connectivity index (χ1) is 8.79. The predicted molar refractivity (Wildman–Crippen MR) is 70.9 cm³/mol. The molecule has 5 heteroatoms. The Morgan fingerprint density at radius 2 is 2.11 bits per heavy atom. The number of aromatic nitrogens is 2. The van der Waals surface area contributed by atoms with Crippen LogP contribution in [0.25, 0.3) is 0 Å². The normalized spacial score (nSPS) is 26.6. The number of anilines is 1. The molecule has 2 aliphatic heterocycles. The molecule has 0 aliphatic carbocycles. The van der Waals surface area contributed by atoms with Gasteiger partial charge in [0.2, 0.25) is 0 Å². The van der Waals surface area contributed by atoms with Crippen LogP contribution in [0.1, 0.15) is 13.3 Å². The zero-order valence-electron chi connectivity index (χ0n) is 10.8. The summed E-state index contributed by atoms with van der Waals surface area (Å²) in [6, 6.07) is 0. The van der Waals surface area contributed by atoms with E-state index in [1.165, 1.54) is 0 Å². The average molecular weight is 248 g/mol. The summed E-state index contributed by atoms with van der Waals surface area (Å²) in [5, 5.41) is 3.41. The number of aryl methyl sites for hydroxylation is 1. The van der Waals surface area contributed by atoms with E-state index in [1.54, 1.807) is 17.0 Å². The van der Waals surface area contributed by atoms with Crippen LogP contribution in [0.2, 0.25) is 0 Å². The second-order valence-corrected chi connectivity index (χ2v) is 5.33. The molecule has 3 rings (SSSR count). The van der Waals surface area contributed by atoms with Crippen LogP contribution in [0.3, 0.4) is 0 Å². The summed E-state index contributed by atoms with van der Waals surface area (Å²) in [7, 11) is 0. The molecule has 2 unspecified atom stereocenters. The highest BCUT2D eigenvalue weighted by molar-refractivity contribution is 5.38. The van der Waals surface area contributed by atoms with Crippen LogP contribution < -0.4 is 15.8 Å². The van der Waals surface area contributed by atoms with Crippen LogP contribution >= 0.6 is 0 Å². The van der Waals surface area contributed by atoms with Gasteiger partial charge in [-0.2, -0.15) is 0 Å². The zero-order chi connectivity index (χ0) is 12.5. The van der Waals surface area contributed by atoms with Gasteiger partial charge in [-0.1, -0.05) is 6.92 Å². The van der Waals surface area contributed by atoms with Gasteiger partial charge >= 0.3 is 0 Å². The molecule has 2 fully saturated rings. The minimum Gasteiger partial charge on any atom is -0.351 e. The van der Waals surface area contributed by atoms with Gasteiger partial charge in [0.1, 0.15) is 0 Å². The monoisotopic (exact) mass is 248 g/mol. The van der Waals surface area contributed by atoms with Gasteiger partial charge in [0.25, 0.3) is 5.56 Å². The molecule has 1 aromatic heterocycles. The first-order valence-electron chi connectivity index (χ1n) is 6.80. The molecular weight excluding hydrogens is 228 g/mol. The molecule has 0 amide bonds.